The molecule has 5 nitrogen and oxygen atoms in total. The smallest absolute Gasteiger partial charge is 0.241 e. The molecule has 0 radical (unpaired) electrons. The summed E-state index contributed by atoms with van der Waals surface area (Å²) in [6, 6.07) is 16.8. The fourth-order valence-electron chi connectivity index (χ4n) is 3.00. The van der Waals surface area contributed by atoms with Gasteiger partial charge in [0.2, 0.25) is 15.9 Å². The molecule has 0 unspecified atom stereocenters. The Labute approximate surface area is 168 Å². The second-order valence-corrected chi connectivity index (χ2v) is 9.91. The van der Waals surface area contributed by atoms with Gasteiger partial charge >= 0.3 is 0 Å². The van der Waals surface area contributed by atoms with Crippen LogP contribution in [0.25, 0.3) is 0 Å². The Hall–Kier alpha value is -2.34. The number of sulfonamides is 1. The summed E-state index contributed by atoms with van der Waals surface area (Å²) in [4.78, 5) is 12.6. The van der Waals surface area contributed by atoms with E-state index in [2.05, 4.69) is 26.1 Å². The largest absolute Gasteiger partial charge is 0.348 e. The Morgan fingerprint density at radius 3 is 2.07 bits per heavy atom. The van der Waals surface area contributed by atoms with Gasteiger partial charge in [0.05, 0.1) is 18.0 Å². The van der Waals surface area contributed by atoms with E-state index in [4.69, 9.17) is 0 Å². The summed E-state index contributed by atoms with van der Waals surface area (Å²) < 4.78 is 25.8. The van der Waals surface area contributed by atoms with Crippen molar-refractivity contribution in [1.82, 2.24) is 5.32 Å². The number of rotatable bonds is 7. The standard InChI is InChI=1S/C22H30N2O3S/c1-6-20(17-10-8-7-9-11-17)23-21(25)16-24(28(5,26)27)19-14-12-18(13-15-19)22(2,3)4/h7-15,20H,6,16H2,1-5H3,(H,23,25)/t20-/m0/s1. The summed E-state index contributed by atoms with van der Waals surface area (Å²) in [5, 5.41) is 2.95. The van der Waals surface area contributed by atoms with Crippen molar-refractivity contribution in [3.8, 4) is 0 Å². The van der Waals surface area contributed by atoms with Gasteiger partial charge in [-0.25, -0.2) is 8.42 Å². The van der Waals surface area contributed by atoms with E-state index >= 15 is 0 Å². The highest BCUT2D eigenvalue weighted by atomic mass is 32.2. The van der Waals surface area contributed by atoms with E-state index in [0.29, 0.717) is 5.69 Å². The van der Waals surface area contributed by atoms with E-state index in [0.717, 1.165) is 28.1 Å². The highest BCUT2D eigenvalue weighted by Crippen LogP contribution is 2.26. The van der Waals surface area contributed by atoms with E-state index in [-0.39, 0.29) is 23.9 Å². The maximum Gasteiger partial charge on any atom is 0.241 e. The molecular formula is C22H30N2O3S. The summed E-state index contributed by atoms with van der Waals surface area (Å²) in [5.41, 5.74) is 2.55. The molecule has 0 saturated carbocycles. The number of carbonyl (C=O) groups is 1. The predicted molar refractivity (Wildman–Crippen MR) is 115 cm³/mol. The first kappa shape index (κ1) is 22.0. The average Bonchev–Trinajstić information content (AvgIpc) is 2.63. The number of anilines is 1. The molecule has 1 N–H and O–H groups in total. The quantitative estimate of drug-likeness (QED) is 0.761. The Balaban J connectivity index is 2.19. The van der Waals surface area contributed by atoms with Crippen LogP contribution < -0.4 is 9.62 Å². The van der Waals surface area contributed by atoms with Gasteiger partial charge in [-0.15, -0.1) is 0 Å². The molecule has 0 bridgehead atoms. The molecule has 2 aromatic carbocycles. The molecule has 0 fully saturated rings. The Kier molecular flexibility index (Phi) is 6.88. The summed E-state index contributed by atoms with van der Waals surface area (Å²) in [6.07, 6.45) is 1.83. The number of benzene rings is 2. The molecule has 2 aromatic rings. The minimum absolute atomic E-state index is 0.0319. The highest BCUT2D eigenvalue weighted by Gasteiger charge is 2.23. The Morgan fingerprint density at radius 2 is 1.61 bits per heavy atom. The zero-order valence-corrected chi connectivity index (χ0v) is 18.1. The van der Waals surface area contributed by atoms with Crippen molar-refractivity contribution in [2.45, 2.75) is 45.6 Å². The van der Waals surface area contributed by atoms with Crippen LogP contribution in [-0.2, 0) is 20.2 Å². The van der Waals surface area contributed by atoms with Gasteiger partial charge in [-0.3, -0.25) is 9.10 Å². The lowest BCUT2D eigenvalue weighted by atomic mass is 9.87. The van der Waals surface area contributed by atoms with Crippen molar-refractivity contribution in [3.63, 3.8) is 0 Å². The molecular weight excluding hydrogens is 372 g/mol. The van der Waals surface area contributed by atoms with Crippen LogP contribution >= 0.6 is 0 Å². The number of hydrogen-bond donors (Lipinski definition) is 1. The Morgan fingerprint density at radius 1 is 1.04 bits per heavy atom. The number of hydrogen-bond acceptors (Lipinski definition) is 3. The van der Waals surface area contributed by atoms with Gasteiger partial charge < -0.3 is 5.32 Å². The maximum absolute atomic E-state index is 12.6. The van der Waals surface area contributed by atoms with Crippen LogP contribution in [0, 0.1) is 0 Å². The van der Waals surface area contributed by atoms with Crippen LogP contribution in [0.1, 0.15) is 51.3 Å². The molecule has 0 saturated heterocycles. The van der Waals surface area contributed by atoms with E-state index in [1.54, 1.807) is 12.1 Å². The van der Waals surface area contributed by atoms with Gasteiger partial charge in [0.25, 0.3) is 0 Å². The lowest BCUT2D eigenvalue weighted by Crippen LogP contribution is -2.41. The van der Waals surface area contributed by atoms with Crippen LogP contribution in [0.4, 0.5) is 5.69 Å². The zero-order valence-electron chi connectivity index (χ0n) is 17.3. The summed E-state index contributed by atoms with van der Waals surface area (Å²) >= 11 is 0. The normalized spacial score (nSPS) is 13.0. The first-order valence-corrected chi connectivity index (χ1v) is 11.3. The summed E-state index contributed by atoms with van der Waals surface area (Å²) in [7, 11) is -3.60. The molecule has 0 aliphatic heterocycles. The second-order valence-electron chi connectivity index (χ2n) is 8.01. The summed E-state index contributed by atoms with van der Waals surface area (Å²) in [6.45, 7) is 8.02. The van der Waals surface area contributed by atoms with Gasteiger partial charge in [0, 0.05) is 0 Å². The first-order valence-electron chi connectivity index (χ1n) is 9.45. The van der Waals surface area contributed by atoms with Crippen molar-refractivity contribution in [2.24, 2.45) is 0 Å². The van der Waals surface area contributed by atoms with Crippen LogP contribution in [0.3, 0.4) is 0 Å². The molecule has 6 heteroatoms. The van der Waals surface area contributed by atoms with Crippen LogP contribution in [0.2, 0.25) is 0 Å². The Bertz CT molecular complexity index is 886. The minimum atomic E-state index is -3.60. The average molecular weight is 403 g/mol. The topological polar surface area (TPSA) is 66.5 Å². The van der Waals surface area contributed by atoms with Crippen molar-refractivity contribution in [3.05, 3.63) is 65.7 Å². The molecule has 0 spiro atoms. The van der Waals surface area contributed by atoms with Crippen molar-refractivity contribution < 1.29 is 13.2 Å². The fourth-order valence-corrected chi connectivity index (χ4v) is 3.86. The first-order chi connectivity index (χ1) is 13.0. The SMILES string of the molecule is CC[C@H](NC(=O)CN(c1ccc(C(C)(C)C)cc1)S(C)(=O)=O)c1ccccc1. The lowest BCUT2D eigenvalue weighted by molar-refractivity contribution is -0.120. The third-order valence-corrected chi connectivity index (χ3v) is 5.79. The van der Waals surface area contributed by atoms with Crippen LogP contribution in [0.5, 0.6) is 0 Å². The molecule has 1 amide bonds. The van der Waals surface area contributed by atoms with Gasteiger partial charge in [-0.1, -0.05) is 70.2 Å². The van der Waals surface area contributed by atoms with Gasteiger partial charge in [0.1, 0.15) is 6.54 Å². The summed E-state index contributed by atoms with van der Waals surface area (Å²) in [5.74, 6) is -0.332. The van der Waals surface area contributed by atoms with E-state index in [1.165, 1.54) is 0 Å². The lowest BCUT2D eigenvalue weighted by Gasteiger charge is -2.25. The fraction of sp³-hybridized carbons (Fsp3) is 0.409. The van der Waals surface area contributed by atoms with E-state index in [1.807, 2.05) is 49.4 Å². The molecule has 152 valence electrons. The van der Waals surface area contributed by atoms with Gasteiger partial charge in [-0.05, 0) is 35.1 Å². The monoisotopic (exact) mass is 402 g/mol. The number of amides is 1. The number of carbonyl (C=O) groups excluding carboxylic acids is 1. The zero-order chi connectivity index (χ0) is 20.9. The minimum Gasteiger partial charge on any atom is -0.348 e. The van der Waals surface area contributed by atoms with Crippen molar-refractivity contribution in [1.29, 1.82) is 0 Å². The van der Waals surface area contributed by atoms with Crippen molar-refractivity contribution in [2.75, 3.05) is 17.1 Å². The van der Waals surface area contributed by atoms with Crippen LogP contribution in [-0.4, -0.2) is 27.1 Å². The number of nitrogens with zero attached hydrogens (tertiary/aromatic N) is 1. The predicted octanol–water partition coefficient (Wildman–Crippen LogP) is 4.02. The van der Waals surface area contributed by atoms with Crippen LogP contribution in [0.15, 0.2) is 54.6 Å². The molecule has 0 heterocycles. The third-order valence-electron chi connectivity index (χ3n) is 4.65. The van der Waals surface area contributed by atoms with E-state index in [9.17, 15) is 13.2 Å². The molecule has 0 aliphatic carbocycles. The number of nitrogens with one attached hydrogen (secondary N) is 1. The molecule has 1 atom stereocenters. The van der Waals surface area contributed by atoms with Gasteiger partial charge in [-0.2, -0.15) is 0 Å². The van der Waals surface area contributed by atoms with E-state index < -0.39 is 10.0 Å². The third kappa shape index (κ3) is 5.83. The molecule has 2 rings (SSSR count). The highest BCUT2D eigenvalue weighted by molar-refractivity contribution is 7.92. The van der Waals surface area contributed by atoms with Crippen molar-refractivity contribution >= 4 is 21.6 Å². The molecule has 0 aliphatic rings. The molecule has 0 aromatic heterocycles. The van der Waals surface area contributed by atoms with Gasteiger partial charge in [0.15, 0.2) is 0 Å². The maximum atomic E-state index is 12.6. The molecule has 28 heavy (non-hydrogen) atoms. The second kappa shape index (κ2) is 8.78.